The van der Waals surface area contributed by atoms with Gasteiger partial charge >= 0.3 is 0 Å². The monoisotopic (exact) mass is 451 g/mol. The van der Waals surface area contributed by atoms with Crippen molar-refractivity contribution in [2.45, 2.75) is 44.8 Å². The Labute approximate surface area is 195 Å². The summed E-state index contributed by atoms with van der Waals surface area (Å²) < 4.78 is 5.24. The van der Waals surface area contributed by atoms with Crippen LogP contribution in [0.25, 0.3) is 0 Å². The topological polar surface area (TPSA) is 73.1 Å². The van der Waals surface area contributed by atoms with Crippen molar-refractivity contribution in [2.24, 2.45) is 0 Å². The number of rotatable bonds is 4. The van der Waals surface area contributed by atoms with Gasteiger partial charge in [-0.2, -0.15) is 0 Å². The fourth-order valence-electron chi connectivity index (χ4n) is 5.92. The highest BCUT2D eigenvalue weighted by Gasteiger charge is 2.61. The van der Waals surface area contributed by atoms with E-state index in [0.717, 1.165) is 43.2 Å². The molecule has 2 fully saturated rings. The molecule has 3 aliphatic heterocycles. The molecular weight excluding hydrogens is 418 g/mol. The van der Waals surface area contributed by atoms with Gasteiger partial charge in [0.05, 0.1) is 17.2 Å². The summed E-state index contributed by atoms with van der Waals surface area (Å²) in [5.74, 6) is 0.590. The Balaban J connectivity index is 1.52. The zero-order valence-corrected chi connectivity index (χ0v) is 20.0. The molecule has 0 bridgehead atoms. The maximum absolute atomic E-state index is 14.1. The first-order chi connectivity index (χ1) is 15.8. The van der Waals surface area contributed by atoms with Crippen LogP contribution >= 0.6 is 0 Å². The first-order valence-corrected chi connectivity index (χ1v) is 11.8. The number of aryl methyl sites for hydroxylation is 1. The van der Waals surface area contributed by atoms with Crippen molar-refractivity contribution >= 4 is 11.8 Å². The number of likely N-dealkylation sites (N-methyl/N-ethyl adjacent to an activating group) is 1. The molecule has 2 aromatic rings. The van der Waals surface area contributed by atoms with Crippen LogP contribution in [0.15, 0.2) is 34.9 Å². The van der Waals surface area contributed by atoms with Crippen LogP contribution in [0, 0.1) is 6.92 Å². The van der Waals surface area contributed by atoms with E-state index in [2.05, 4.69) is 35.9 Å². The van der Waals surface area contributed by atoms with E-state index in [1.165, 1.54) is 0 Å². The second kappa shape index (κ2) is 8.25. The molecule has 8 nitrogen and oxygen atoms in total. The van der Waals surface area contributed by atoms with E-state index in [9.17, 15) is 9.59 Å². The molecular formula is C25H33N5O3. The first-order valence-electron chi connectivity index (χ1n) is 11.8. The smallest absolute Gasteiger partial charge is 0.254 e. The maximum atomic E-state index is 14.1. The summed E-state index contributed by atoms with van der Waals surface area (Å²) >= 11 is 0. The molecule has 2 amide bonds. The number of piperazine rings is 1. The lowest BCUT2D eigenvalue weighted by Gasteiger charge is -2.62. The molecule has 0 saturated carbocycles. The summed E-state index contributed by atoms with van der Waals surface area (Å²) in [5, 5.41) is 4.13. The van der Waals surface area contributed by atoms with E-state index < -0.39 is 5.54 Å². The SMILES string of the molecule is Cc1cc(CN2CC3(C2)C(C(=O)N2CCN(C)CC2)c2ccccc2C(=O)N3C(C)C)no1. The van der Waals surface area contributed by atoms with Crippen molar-refractivity contribution < 1.29 is 14.1 Å². The minimum absolute atomic E-state index is 0.00918. The average molecular weight is 452 g/mol. The number of likely N-dealkylation sites (tertiary alicyclic amines) is 1. The van der Waals surface area contributed by atoms with Gasteiger partial charge in [-0.25, -0.2) is 0 Å². The zero-order valence-electron chi connectivity index (χ0n) is 20.0. The Hall–Kier alpha value is -2.71. The van der Waals surface area contributed by atoms with Gasteiger partial charge in [0.25, 0.3) is 5.91 Å². The highest BCUT2D eigenvalue weighted by molar-refractivity contribution is 6.02. The minimum atomic E-state index is -0.557. The molecule has 0 radical (unpaired) electrons. The molecule has 1 aromatic heterocycles. The second-order valence-corrected chi connectivity index (χ2v) is 10.1. The van der Waals surface area contributed by atoms with Gasteiger partial charge in [0.15, 0.2) is 0 Å². The van der Waals surface area contributed by atoms with Crippen molar-refractivity contribution in [2.75, 3.05) is 46.3 Å². The van der Waals surface area contributed by atoms with E-state index in [0.29, 0.717) is 25.2 Å². The summed E-state index contributed by atoms with van der Waals surface area (Å²) in [6.07, 6.45) is 0. The summed E-state index contributed by atoms with van der Waals surface area (Å²) in [6.45, 7) is 11.1. The van der Waals surface area contributed by atoms with Gasteiger partial charge < -0.3 is 19.2 Å². The van der Waals surface area contributed by atoms with Gasteiger partial charge in [0.2, 0.25) is 5.91 Å². The lowest BCUT2D eigenvalue weighted by molar-refractivity contribution is -0.146. The standard InChI is InChI=1S/C25H33N5O3/c1-17(2)30-23(31)21-8-6-5-7-20(21)22(24(32)29-11-9-27(4)10-12-29)25(30)15-28(16-25)14-19-13-18(3)33-26-19/h5-8,13,17,22H,9-12,14-16H2,1-4H3. The van der Waals surface area contributed by atoms with Gasteiger partial charge in [-0.05, 0) is 39.4 Å². The third-order valence-corrected chi connectivity index (χ3v) is 7.37. The Morgan fingerprint density at radius 1 is 1.18 bits per heavy atom. The molecule has 8 heteroatoms. The molecule has 0 N–H and O–H groups in total. The number of amides is 2. The molecule has 33 heavy (non-hydrogen) atoms. The third kappa shape index (κ3) is 3.65. The minimum Gasteiger partial charge on any atom is -0.361 e. The van der Waals surface area contributed by atoms with Gasteiger partial charge in [0.1, 0.15) is 5.76 Å². The molecule has 3 aliphatic rings. The molecule has 1 unspecified atom stereocenters. The predicted octanol–water partition coefficient (Wildman–Crippen LogP) is 1.96. The lowest BCUT2D eigenvalue weighted by atomic mass is 9.67. The van der Waals surface area contributed by atoms with Crippen LogP contribution in [0.2, 0.25) is 0 Å². The van der Waals surface area contributed by atoms with Crippen LogP contribution < -0.4 is 0 Å². The van der Waals surface area contributed by atoms with Gasteiger partial charge in [-0.1, -0.05) is 23.4 Å². The van der Waals surface area contributed by atoms with E-state index in [1.54, 1.807) is 0 Å². The number of fused-ring (bicyclic) bond motifs is 1. The first kappa shape index (κ1) is 22.1. The maximum Gasteiger partial charge on any atom is 0.254 e. The van der Waals surface area contributed by atoms with Crippen LogP contribution in [0.4, 0.5) is 0 Å². The van der Waals surface area contributed by atoms with Crippen LogP contribution in [0.3, 0.4) is 0 Å². The average Bonchev–Trinajstić information content (AvgIpc) is 3.17. The van der Waals surface area contributed by atoms with Crippen molar-refractivity contribution in [3.8, 4) is 0 Å². The largest absolute Gasteiger partial charge is 0.361 e. The Kier molecular flexibility index (Phi) is 5.53. The molecule has 1 atom stereocenters. The van der Waals surface area contributed by atoms with E-state index in [1.807, 2.05) is 47.1 Å². The highest BCUT2D eigenvalue weighted by atomic mass is 16.5. The van der Waals surface area contributed by atoms with Crippen molar-refractivity contribution in [1.29, 1.82) is 0 Å². The highest BCUT2D eigenvalue weighted by Crippen LogP contribution is 2.48. The Morgan fingerprint density at radius 2 is 1.88 bits per heavy atom. The van der Waals surface area contributed by atoms with E-state index >= 15 is 0 Å². The molecule has 1 aromatic carbocycles. The predicted molar refractivity (Wildman–Crippen MR) is 124 cm³/mol. The number of carbonyl (C=O) groups excluding carboxylic acids is 2. The Morgan fingerprint density at radius 3 is 2.52 bits per heavy atom. The van der Waals surface area contributed by atoms with Crippen LogP contribution in [-0.2, 0) is 11.3 Å². The van der Waals surface area contributed by atoms with E-state index in [4.69, 9.17) is 4.52 Å². The van der Waals surface area contributed by atoms with Gasteiger partial charge in [0, 0.05) is 63.5 Å². The molecule has 1 spiro atoms. The molecule has 176 valence electrons. The summed E-state index contributed by atoms with van der Waals surface area (Å²) in [5.41, 5.74) is 1.86. The quantitative estimate of drug-likeness (QED) is 0.708. The molecule has 5 rings (SSSR count). The number of benzene rings is 1. The van der Waals surface area contributed by atoms with Gasteiger partial charge in [-0.15, -0.1) is 0 Å². The summed E-state index contributed by atoms with van der Waals surface area (Å²) in [7, 11) is 2.09. The fraction of sp³-hybridized carbons (Fsp3) is 0.560. The second-order valence-electron chi connectivity index (χ2n) is 10.1. The fourth-order valence-corrected chi connectivity index (χ4v) is 5.92. The van der Waals surface area contributed by atoms with Crippen molar-refractivity contribution in [3.05, 3.63) is 52.9 Å². The zero-order chi connectivity index (χ0) is 23.3. The number of nitrogens with zero attached hydrogens (tertiary/aromatic N) is 5. The number of hydrogen-bond acceptors (Lipinski definition) is 6. The Bertz CT molecular complexity index is 1050. The van der Waals surface area contributed by atoms with Gasteiger partial charge in [-0.3, -0.25) is 14.5 Å². The van der Waals surface area contributed by atoms with Crippen LogP contribution in [-0.4, -0.2) is 94.5 Å². The van der Waals surface area contributed by atoms with Crippen LogP contribution in [0.5, 0.6) is 0 Å². The third-order valence-electron chi connectivity index (χ3n) is 7.37. The normalized spacial score (nSPS) is 23.2. The van der Waals surface area contributed by atoms with Crippen molar-refractivity contribution in [3.63, 3.8) is 0 Å². The molecule has 4 heterocycles. The lowest BCUT2D eigenvalue weighted by Crippen LogP contribution is -2.77. The van der Waals surface area contributed by atoms with Crippen molar-refractivity contribution in [1.82, 2.24) is 24.8 Å². The van der Waals surface area contributed by atoms with E-state index in [-0.39, 0.29) is 23.8 Å². The molecule has 0 aliphatic carbocycles. The number of hydrogen-bond donors (Lipinski definition) is 0. The summed E-state index contributed by atoms with van der Waals surface area (Å²) in [6, 6.07) is 9.63. The van der Waals surface area contributed by atoms with Crippen LogP contribution in [0.1, 0.15) is 47.1 Å². The summed E-state index contributed by atoms with van der Waals surface area (Å²) in [4.78, 5) is 36.3. The number of carbonyl (C=O) groups is 2. The number of aromatic nitrogens is 1. The molecule has 2 saturated heterocycles.